The molecular formula is C14H15ClN2O. The highest BCUT2D eigenvalue weighted by Gasteiger charge is 2.09. The molecule has 0 bridgehead atoms. The van der Waals surface area contributed by atoms with E-state index >= 15 is 0 Å². The van der Waals surface area contributed by atoms with Crippen molar-refractivity contribution in [1.82, 2.24) is 4.98 Å². The summed E-state index contributed by atoms with van der Waals surface area (Å²) in [6.07, 6.45) is 1.64. The molecule has 3 nitrogen and oxygen atoms in total. The van der Waals surface area contributed by atoms with Crippen molar-refractivity contribution in [2.24, 2.45) is 5.73 Å². The lowest BCUT2D eigenvalue weighted by Gasteiger charge is -2.10. The third-order valence-electron chi connectivity index (χ3n) is 2.85. The van der Waals surface area contributed by atoms with E-state index in [9.17, 15) is 0 Å². The summed E-state index contributed by atoms with van der Waals surface area (Å²) >= 11 is 6.16. The summed E-state index contributed by atoms with van der Waals surface area (Å²) in [6, 6.07) is 7.65. The third kappa shape index (κ3) is 2.63. The van der Waals surface area contributed by atoms with Gasteiger partial charge in [0.2, 0.25) is 5.88 Å². The van der Waals surface area contributed by atoms with Crippen LogP contribution in [0.4, 0.5) is 0 Å². The van der Waals surface area contributed by atoms with E-state index < -0.39 is 0 Å². The van der Waals surface area contributed by atoms with Crippen molar-refractivity contribution in [1.29, 1.82) is 0 Å². The summed E-state index contributed by atoms with van der Waals surface area (Å²) in [7, 11) is 0. The van der Waals surface area contributed by atoms with E-state index in [0.717, 1.165) is 11.3 Å². The SMILES string of the molecule is Cc1ccc(Oc2nccc(CN)c2Cl)cc1C. The first kappa shape index (κ1) is 12.9. The maximum Gasteiger partial charge on any atom is 0.238 e. The van der Waals surface area contributed by atoms with Crippen LogP contribution in [0.15, 0.2) is 30.5 Å². The molecule has 0 saturated heterocycles. The molecule has 1 heterocycles. The molecule has 1 aromatic heterocycles. The van der Waals surface area contributed by atoms with Crippen LogP contribution in [-0.2, 0) is 6.54 Å². The molecular weight excluding hydrogens is 248 g/mol. The van der Waals surface area contributed by atoms with Crippen molar-refractivity contribution in [2.45, 2.75) is 20.4 Å². The van der Waals surface area contributed by atoms with Crippen LogP contribution < -0.4 is 10.5 Å². The van der Waals surface area contributed by atoms with Gasteiger partial charge >= 0.3 is 0 Å². The Morgan fingerprint density at radius 2 is 2.00 bits per heavy atom. The summed E-state index contributed by atoms with van der Waals surface area (Å²) < 4.78 is 5.69. The molecule has 0 radical (unpaired) electrons. The fourth-order valence-corrected chi connectivity index (χ4v) is 1.81. The van der Waals surface area contributed by atoms with Crippen LogP contribution in [0.3, 0.4) is 0 Å². The number of aryl methyl sites for hydroxylation is 2. The maximum atomic E-state index is 6.16. The van der Waals surface area contributed by atoms with Gasteiger partial charge in [-0.25, -0.2) is 4.98 Å². The van der Waals surface area contributed by atoms with Gasteiger partial charge in [-0.2, -0.15) is 0 Å². The van der Waals surface area contributed by atoms with Crippen LogP contribution in [0.5, 0.6) is 11.6 Å². The second-order valence-electron chi connectivity index (χ2n) is 4.14. The Morgan fingerprint density at radius 3 is 2.67 bits per heavy atom. The third-order valence-corrected chi connectivity index (χ3v) is 3.25. The van der Waals surface area contributed by atoms with Crippen LogP contribution in [0.1, 0.15) is 16.7 Å². The minimum Gasteiger partial charge on any atom is -0.438 e. The molecule has 0 unspecified atom stereocenters. The van der Waals surface area contributed by atoms with E-state index in [1.54, 1.807) is 12.3 Å². The normalized spacial score (nSPS) is 10.4. The van der Waals surface area contributed by atoms with Crippen molar-refractivity contribution in [3.63, 3.8) is 0 Å². The smallest absolute Gasteiger partial charge is 0.238 e. The molecule has 94 valence electrons. The highest BCUT2D eigenvalue weighted by atomic mass is 35.5. The fourth-order valence-electron chi connectivity index (χ4n) is 1.58. The van der Waals surface area contributed by atoms with Crippen LogP contribution >= 0.6 is 11.6 Å². The number of hydrogen-bond donors (Lipinski definition) is 1. The molecule has 2 aromatic rings. The van der Waals surface area contributed by atoms with Gasteiger partial charge < -0.3 is 10.5 Å². The van der Waals surface area contributed by atoms with E-state index in [2.05, 4.69) is 11.9 Å². The minimum atomic E-state index is 0.366. The zero-order valence-electron chi connectivity index (χ0n) is 10.4. The first-order valence-electron chi connectivity index (χ1n) is 5.70. The van der Waals surface area contributed by atoms with Gasteiger partial charge in [-0.3, -0.25) is 0 Å². The van der Waals surface area contributed by atoms with Crippen LogP contribution in [0.25, 0.3) is 0 Å². The summed E-state index contributed by atoms with van der Waals surface area (Å²) in [5, 5.41) is 0.471. The number of benzene rings is 1. The molecule has 0 saturated carbocycles. The van der Waals surface area contributed by atoms with Crippen molar-refractivity contribution in [3.8, 4) is 11.6 Å². The summed E-state index contributed by atoms with van der Waals surface area (Å²) in [4.78, 5) is 4.12. The number of aromatic nitrogens is 1. The number of hydrogen-bond acceptors (Lipinski definition) is 3. The number of halogens is 1. The van der Waals surface area contributed by atoms with Crippen molar-refractivity contribution in [2.75, 3.05) is 0 Å². The zero-order valence-corrected chi connectivity index (χ0v) is 11.2. The van der Waals surface area contributed by atoms with Gasteiger partial charge in [0, 0.05) is 12.7 Å². The lowest BCUT2D eigenvalue weighted by atomic mass is 10.1. The molecule has 0 aliphatic carbocycles. The monoisotopic (exact) mass is 262 g/mol. The largest absolute Gasteiger partial charge is 0.438 e. The Kier molecular flexibility index (Phi) is 3.84. The zero-order chi connectivity index (χ0) is 13.1. The summed E-state index contributed by atoms with van der Waals surface area (Å²) in [6.45, 7) is 4.46. The van der Waals surface area contributed by atoms with Gasteiger partial charge in [0.1, 0.15) is 10.8 Å². The average molecular weight is 263 g/mol. The van der Waals surface area contributed by atoms with E-state index in [1.165, 1.54) is 11.1 Å². The quantitative estimate of drug-likeness (QED) is 0.919. The highest BCUT2D eigenvalue weighted by Crippen LogP contribution is 2.30. The maximum absolute atomic E-state index is 6.16. The fraction of sp³-hybridized carbons (Fsp3) is 0.214. The van der Waals surface area contributed by atoms with Gasteiger partial charge in [-0.05, 0) is 48.7 Å². The molecule has 4 heteroatoms. The molecule has 18 heavy (non-hydrogen) atoms. The van der Waals surface area contributed by atoms with Crippen molar-refractivity contribution in [3.05, 3.63) is 52.2 Å². The molecule has 0 aliphatic rings. The predicted octanol–water partition coefficient (Wildman–Crippen LogP) is 3.60. The number of nitrogens with zero attached hydrogens (tertiary/aromatic N) is 1. The Hall–Kier alpha value is -1.58. The van der Waals surface area contributed by atoms with Crippen LogP contribution in [-0.4, -0.2) is 4.98 Å². The first-order chi connectivity index (χ1) is 8.61. The molecule has 2 N–H and O–H groups in total. The van der Waals surface area contributed by atoms with E-state index in [1.807, 2.05) is 25.1 Å². The molecule has 0 atom stereocenters. The second-order valence-corrected chi connectivity index (χ2v) is 4.52. The molecule has 0 spiro atoms. The second kappa shape index (κ2) is 5.38. The lowest BCUT2D eigenvalue weighted by molar-refractivity contribution is 0.462. The van der Waals surface area contributed by atoms with Gasteiger partial charge in [-0.15, -0.1) is 0 Å². The van der Waals surface area contributed by atoms with Crippen LogP contribution in [0.2, 0.25) is 5.02 Å². The molecule has 2 rings (SSSR count). The summed E-state index contributed by atoms with van der Waals surface area (Å²) in [5.41, 5.74) is 8.80. The van der Waals surface area contributed by atoms with Crippen molar-refractivity contribution >= 4 is 11.6 Å². The number of nitrogens with two attached hydrogens (primary N) is 1. The molecule has 0 fully saturated rings. The van der Waals surface area contributed by atoms with E-state index in [4.69, 9.17) is 22.1 Å². The Labute approximate surface area is 112 Å². The topological polar surface area (TPSA) is 48.1 Å². The van der Waals surface area contributed by atoms with Crippen molar-refractivity contribution < 1.29 is 4.74 Å². The standard InChI is InChI=1S/C14H15ClN2O/c1-9-3-4-12(7-10(9)2)18-14-13(15)11(8-16)5-6-17-14/h3-7H,8,16H2,1-2H3. The Bertz CT molecular complexity index is 570. The van der Waals surface area contributed by atoms with Gasteiger partial charge in [-0.1, -0.05) is 17.7 Å². The number of pyridine rings is 1. The first-order valence-corrected chi connectivity index (χ1v) is 6.08. The minimum absolute atomic E-state index is 0.366. The molecule has 1 aromatic carbocycles. The molecule has 0 amide bonds. The Balaban J connectivity index is 2.31. The van der Waals surface area contributed by atoms with Gasteiger partial charge in [0.15, 0.2) is 0 Å². The van der Waals surface area contributed by atoms with E-state index in [0.29, 0.717) is 17.4 Å². The predicted molar refractivity (Wildman–Crippen MR) is 73.1 cm³/mol. The number of rotatable bonds is 3. The highest BCUT2D eigenvalue weighted by molar-refractivity contribution is 6.32. The summed E-state index contributed by atoms with van der Waals surface area (Å²) in [5.74, 6) is 1.12. The molecule has 0 aliphatic heterocycles. The Morgan fingerprint density at radius 1 is 1.22 bits per heavy atom. The van der Waals surface area contributed by atoms with Gasteiger partial charge in [0.05, 0.1) is 0 Å². The van der Waals surface area contributed by atoms with E-state index in [-0.39, 0.29) is 0 Å². The average Bonchev–Trinajstić information content (AvgIpc) is 2.36. The lowest BCUT2D eigenvalue weighted by Crippen LogP contribution is -1.99. The van der Waals surface area contributed by atoms with Gasteiger partial charge in [0.25, 0.3) is 0 Å². The number of ether oxygens (including phenoxy) is 1. The van der Waals surface area contributed by atoms with Crippen LogP contribution in [0, 0.1) is 13.8 Å².